The SMILES string of the molecule is CC(=O)Oc1ccc(Oc2ccc(C(=O)NCCc3ccc(Cl)cc3Cl)c(F)c2)c(C#N)c1. The molecule has 33 heavy (non-hydrogen) atoms. The number of esters is 1. The largest absolute Gasteiger partial charge is 0.456 e. The topological polar surface area (TPSA) is 88.4 Å². The Bertz CT molecular complexity index is 1260. The zero-order chi connectivity index (χ0) is 24.0. The van der Waals surface area contributed by atoms with Gasteiger partial charge in [0.2, 0.25) is 0 Å². The van der Waals surface area contributed by atoms with E-state index in [1.807, 2.05) is 6.07 Å². The van der Waals surface area contributed by atoms with Crippen LogP contribution in [0.2, 0.25) is 10.0 Å². The summed E-state index contributed by atoms with van der Waals surface area (Å²) < 4.78 is 25.1. The summed E-state index contributed by atoms with van der Waals surface area (Å²) in [5.74, 6) is -1.49. The molecule has 0 aliphatic heterocycles. The summed E-state index contributed by atoms with van der Waals surface area (Å²) in [6, 6.07) is 15.0. The lowest BCUT2D eigenvalue weighted by atomic mass is 10.1. The predicted molar refractivity (Wildman–Crippen MR) is 121 cm³/mol. The van der Waals surface area contributed by atoms with Crippen molar-refractivity contribution in [3.05, 3.63) is 87.2 Å². The number of halogens is 3. The van der Waals surface area contributed by atoms with Crippen molar-refractivity contribution in [2.24, 2.45) is 0 Å². The summed E-state index contributed by atoms with van der Waals surface area (Å²) in [7, 11) is 0. The molecule has 0 fully saturated rings. The van der Waals surface area contributed by atoms with E-state index < -0.39 is 17.7 Å². The zero-order valence-corrected chi connectivity index (χ0v) is 18.8. The van der Waals surface area contributed by atoms with E-state index in [0.717, 1.165) is 11.6 Å². The maximum absolute atomic E-state index is 14.6. The van der Waals surface area contributed by atoms with Crippen LogP contribution in [0.1, 0.15) is 28.4 Å². The van der Waals surface area contributed by atoms with Crippen molar-refractivity contribution in [3.63, 3.8) is 0 Å². The van der Waals surface area contributed by atoms with E-state index in [-0.39, 0.29) is 34.9 Å². The highest BCUT2D eigenvalue weighted by molar-refractivity contribution is 6.35. The van der Waals surface area contributed by atoms with Gasteiger partial charge in [0, 0.05) is 35.6 Å². The molecule has 0 radical (unpaired) electrons. The summed E-state index contributed by atoms with van der Waals surface area (Å²) in [6.07, 6.45) is 0.449. The van der Waals surface area contributed by atoms with Crippen LogP contribution in [0, 0.1) is 17.1 Å². The van der Waals surface area contributed by atoms with Gasteiger partial charge in [-0.05, 0) is 48.4 Å². The molecule has 6 nitrogen and oxygen atoms in total. The molecule has 0 atom stereocenters. The summed E-state index contributed by atoms with van der Waals surface area (Å²) in [4.78, 5) is 23.4. The first-order valence-electron chi connectivity index (χ1n) is 9.69. The Morgan fingerprint density at radius 3 is 2.48 bits per heavy atom. The molecule has 3 aromatic carbocycles. The number of amides is 1. The van der Waals surface area contributed by atoms with Gasteiger partial charge in [-0.2, -0.15) is 5.26 Å². The van der Waals surface area contributed by atoms with Gasteiger partial charge in [0.15, 0.2) is 0 Å². The second-order valence-corrected chi connectivity index (χ2v) is 7.69. The van der Waals surface area contributed by atoms with Gasteiger partial charge in [-0.15, -0.1) is 0 Å². The smallest absolute Gasteiger partial charge is 0.308 e. The first kappa shape index (κ1) is 24.1. The first-order valence-corrected chi connectivity index (χ1v) is 10.4. The van der Waals surface area contributed by atoms with Crippen LogP contribution < -0.4 is 14.8 Å². The molecule has 0 aliphatic rings. The summed E-state index contributed by atoms with van der Waals surface area (Å²) in [6.45, 7) is 1.49. The molecule has 0 saturated heterocycles. The van der Waals surface area contributed by atoms with Crippen molar-refractivity contribution >= 4 is 35.1 Å². The number of nitriles is 1. The molecule has 0 heterocycles. The predicted octanol–water partition coefficient (Wildman–Crippen LogP) is 5.69. The fourth-order valence-electron chi connectivity index (χ4n) is 2.92. The van der Waals surface area contributed by atoms with Crippen molar-refractivity contribution < 1.29 is 23.5 Å². The Kier molecular flexibility index (Phi) is 7.88. The Hall–Kier alpha value is -3.60. The van der Waals surface area contributed by atoms with Crippen molar-refractivity contribution in [1.29, 1.82) is 5.26 Å². The van der Waals surface area contributed by atoms with Crippen LogP contribution in [0.4, 0.5) is 4.39 Å². The van der Waals surface area contributed by atoms with Crippen molar-refractivity contribution in [1.82, 2.24) is 5.32 Å². The van der Waals surface area contributed by atoms with Crippen molar-refractivity contribution in [2.45, 2.75) is 13.3 Å². The molecule has 168 valence electrons. The molecule has 0 spiro atoms. The molecule has 0 bridgehead atoms. The molecule has 3 rings (SSSR count). The van der Waals surface area contributed by atoms with Gasteiger partial charge in [-0.3, -0.25) is 9.59 Å². The number of hydrogen-bond acceptors (Lipinski definition) is 5. The Morgan fingerprint density at radius 1 is 1.06 bits per heavy atom. The van der Waals surface area contributed by atoms with Crippen LogP contribution in [0.3, 0.4) is 0 Å². The van der Waals surface area contributed by atoms with Crippen LogP contribution in [-0.4, -0.2) is 18.4 Å². The molecule has 1 amide bonds. The maximum atomic E-state index is 14.6. The van der Waals surface area contributed by atoms with Gasteiger partial charge in [0.05, 0.1) is 11.1 Å². The highest BCUT2D eigenvalue weighted by Gasteiger charge is 2.14. The molecule has 0 unspecified atom stereocenters. The third-order valence-electron chi connectivity index (χ3n) is 4.44. The average molecular weight is 487 g/mol. The molecule has 1 N–H and O–H groups in total. The van der Waals surface area contributed by atoms with Gasteiger partial charge in [0.1, 0.15) is 29.1 Å². The first-order chi connectivity index (χ1) is 15.8. The highest BCUT2D eigenvalue weighted by Crippen LogP contribution is 2.29. The lowest BCUT2D eigenvalue weighted by Crippen LogP contribution is -2.26. The van der Waals surface area contributed by atoms with Crippen LogP contribution in [0.5, 0.6) is 17.2 Å². The molecule has 3 aromatic rings. The maximum Gasteiger partial charge on any atom is 0.308 e. The minimum atomic E-state index is -0.787. The van der Waals surface area contributed by atoms with E-state index in [2.05, 4.69) is 5.32 Å². The van der Waals surface area contributed by atoms with Crippen LogP contribution in [-0.2, 0) is 11.2 Å². The van der Waals surface area contributed by atoms with Gasteiger partial charge in [0.25, 0.3) is 5.91 Å². The second kappa shape index (κ2) is 10.8. The van der Waals surface area contributed by atoms with Crippen LogP contribution in [0.25, 0.3) is 0 Å². The zero-order valence-electron chi connectivity index (χ0n) is 17.3. The normalized spacial score (nSPS) is 10.3. The fourth-order valence-corrected chi connectivity index (χ4v) is 3.42. The van der Waals surface area contributed by atoms with Gasteiger partial charge < -0.3 is 14.8 Å². The Morgan fingerprint density at radius 2 is 1.82 bits per heavy atom. The summed E-state index contributed by atoms with van der Waals surface area (Å²) >= 11 is 12.0. The van der Waals surface area contributed by atoms with Crippen molar-refractivity contribution in [3.8, 4) is 23.3 Å². The Balaban J connectivity index is 1.65. The number of carbonyl (C=O) groups excluding carboxylic acids is 2. The fraction of sp³-hybridized carbons (Fsp3) is 0.125. The highest BCUT2D eigenvalue weighted by atomic mass is 35.5. The van der Waals surface area contributed by atoms with E-state index in [4.69, 9.17) is 32.7 Å². The number of benzene rings is 3. The minimum Gasteiger partial charge on any atom is -0.456 e. The number of hydrogen-bond donors (Lipinski definition) is 1. The quantitative estimate of drug-likeness (QED) is 0.342. The van der Waals surface area contributed by atoms with Crippen LogP contribution >= 0.6 is 23.2 Å². The number of nitrogens with zero attached hydrogens (tertiary/aromatic N) is 1. The third-order valence-corrected chi connectivity index (χ3v) is 5.03. The van der Waals surface area contributed by atoms with Crippen LogP contribution in [0.15, 0.2) is 54.6 Å². The van der Waals surface area contributed by atoms with Gasteiger partial charge in [-0.25, -0.2) is 4.39 Å². The van der Waals surface area contributed by atoms with Gasteiger partial charge in [-0.1, -0.05) is 29.3 Å². The summed E-state index contributed by atoms with van der Waals surface area (Å²) in [5, 5.41) is 13.0. The summed E-state index contributed by atoms with van der Waals surface area (Å²) in [5.41, 5.74) is 0.741. The molecule has 0 aromatic heterocycles. The Labute approximate surface area is 199 Å². The molecule has 9 heteroatoms. The van der Waals surface area contributed by atoms with E-state index >= 15 is 0 Å². The molecule has 0 aliphatic carbocycles. The number of nitrogens with one attached hydrogen (secondary N) is 1. The molecule has 0 saturated carbocycles. The van der Waals surface area contributed by atoms with Gasteiger partial charge >= 0.3 is 5.97 Å². The number of carbonyl (C=O) groups is 2. The van der Waals surface area contributed by atoms with E-state index in [0.29, 0.717) is 16.5 Å². The monoisotopic (exact) mass is 486 g/mol. The lowest BCUT2D eigenvalue weighted by molar-refractivity contribution is -0.131. The molecular weight excluding hydrogens is 470 g/mol. The average Bonchev–Trinajstić information content (AvgIpc) is 2.76. The number of rotatable bonds is 7. The number of ether oxygens (including phenoxy) is 2. The van der Waals surface area contributed by atoms with Crippen molar-refractivity contribution in [2.75, 3.05) is 6.54 Å². The third kappa shape index (κ3) is 6.45. The molecular formula is C24H17Cl2FN2O4. The van der Waals surface area contributed by atoms with E-state index in [1.54, 1.807) is 18.2 Å². The minimum absolute atomic E-state index is 0.0914. The second-order valence-electron chi connectivity index (χ2n) is 6.85. The van der Waals surface area contributed by atoms with E-state index in [1.165, 1.54) is 37.3 Å². The van der Waals surface area contributed by atoms with E-state index in [9.17, 15) is 19.2 Å². The lowest BCUT2D eigenvalue weighted by Gasteiger charge is -2.11. The standard InChI is InChI=1S/C24H17Cl2FN2O4/c1-14(30)32-18-5-7-23(16(10-18)13-28)33-19-4-6-20(22(27)12-19)24(31)29-9-8-15-2-3-17(25)11-21(15)26/h2-7,10-12H,8-9H2,1H3,(H,29,31).